The second-order valence-corrected chi connectivity index (χ2v) is 6.21. The molecule has 2 rings (SSSR count). The molecule has 1 amide bonds. The Morgan fingerprint density at radius 3 is 2.56 bits per heavy atom. The molecule has 1 aliphatic heterocycles. The molecule has 2 N–H and O–H groups in total. The monoisotopic (exact) mass is 269 g/mol. The van der Waals surface area contributed by atoms with E-state index < -0.39 is 5.41 Å². The third-order valence-corrected chi connectivity index (χ3v) is 4.95. The van der Waals surface area contributed by atoms with Crippen molar-refractivity contribution in [3.8, 4) is 0 Å². The van der Waals surface area contributed by atoms with Crippen LogP contribution in [0, 0.1) is 5.41 Å². The number of hydrogen-bond acceptors (Lipinski definition) is 3. The van der Waals surface area contributed by atoms with E-state index in [1.165, 1.54) is 0 Å². The fraction of sp³-hybridized carbons (Fsp3) is 0.846. The lowest BCUT2D eigenvalue weighted by atomic mass is 9.67. The first kappa shape index (κ1) is 13.7. The molecule has 4 nitrogen and oxygen atoms in total. The molecule has 102 valence electrons. The van der Waals surface area contributed by atoms with Crippen molar-refractivity contribution in [1.82, 2.24) is 9.80 Å². The Kier molecular flexibility index (Phi) is 3.92. The van der Waals surface area contributed by atoms with Gasteiger partial charge in [0, 0.05) is 19.6 Å². The molecule has 0 spiro atoms. The maximum absolute atomic E-state index is 12.6. The van der Waals surface area contributed by atoms with Crippen molar-refractivity contribution >= 4 is 23.1 Å². The lowest BCUT2D eigenvalue weighted by Gasteiger charge is -2.45. The quantitative estimate of drug-likeness (QED) is 0.777. The summed E-state index contributed by atoms with van der Waals surface area (Å²) in [6.07, 6.45) is 4.95. The van der Waals surface area contributed by atoms with Crippen molar-refractivity contribution in [2.45, 2.75) is 38.1 Å². The second-order valence-electron chi connectivity index (χ2n) is 5.77. The van der Waals surface area contributed by atoms with Crippen LogP contribution in [0.25, 0.3) is 0 Å². The molecule has 0 bridgehead atoms. The number of hydrogen-bond donors (Lipinski definition) is 1. The van der Waals surface area contributed by atoms with Gasteiger partial charge in [0.05, 0.1) is 10.4 Å². The lowest BCUT2D eigenvalue weighted by Crippen LogP contribution is -2.57. The second kappa shape index (κ2) is 5.13. The molecule has 0 radical (unpaired) electrons. The van der Waals surface area contributed by atoms with Crippen molar-refractivity contribution in [3.63, 3.8) is 0 Å². The molecule has 1 heterocycles. The number of likely N-dealkylation sites (N-methyl/N-ethyl adjacent to an activating group) is 2. The number of likely N-dealkylation sites (tertiary alicyclic amines) is 1. The maximum Gasteiger partial charge on any atom is 0.235 e. The summed E-state index contributed by atoms with van der Waals surface area (Å²) in [6.45, 7) is 2.08. The third-order valence-electron chi connectivity index (χ3n) is 4.56. The number of thiocarbonyl (C=S) groups is 1. The van der Waals surface area contributed by atoms with E-state index in [-0.39, 0.29) is 5.91 Å². The third kappa shape index (κ3) is 2.26. The Balaban J connectivity index is 2.06. The van der Waals surface area contributed by atoms with Crippen LogP contribution in [0.4, 0.5) is 0 Å². The number of piperidine rings is 1. The number of amides is 1. The Bertz CT molecular complexity index is 354. The van der Waals surface area contributed by atoms with Crippen molar-refractivity contribution in [1.29, 1.82) is 0 Å². The maximum atomic E-state index is 12.6. The van der Waals surface area contributed by atoms with E-state index in [2.05, 4.69) is 11.9 Å². The average Bonchev–Trinajstić information content (AvgIpc) is 2.25. The van der Waals surface area contributed by atoms with Crippen LogP contribution < -0.4 is 5.73 Å². The molecular weight excluding hydrogens is 246 g/mol. The van der Waals surface area contributed by atoms with E-state index >= 15 is 0 Å². The van der Waals surface area contributed by atoms with E-state index in [1.54, 1.807) is 0 Å². The lowest BCUT2D eigenvalue weighted by molar-refractivity contribution is -0.143. The fourth-order valence-electron chi connectivity index (χ4n) is 3.05. The van der Waals surface area contributed by atoms with E-state index in [0.29, 0.717) is 11.0 Å². The van der Waals surface area contributed by atoms with Crippen LogP contribution >= 0.6 is 12.2 Å². The summed E-state index contributed by atoms with van der Waals surface area (Å²) in [5.74, 6) is 0.140. The molecule has 18 heavy (non-hydrogen) atoms. The smallest absolute Gasteiger partial charge is 0.235 e. The van der Waals surface area contributed by atoms with Crippen LogP contribution in [0.1, 0.15) is 32.1 Å². The standard InChI is InChI=1S/C13H23N3OS/c1-15-8-3-5-10(9-15)16(2)12(17)13(11(14)18)6-4-7-13/h10H,3-9H2,1-2H3,(H2,14,18). The Morgan fingerprint density at radius 2 is 2.11 bits per heavy atom. The molecule has 1 saturated heterocycles. The SMILES string of the molecule is CN1CCCC(N(C)C(=O)C2(C(N)=S)CCC2)C1. The fourth-order valence-corrected chi connectivity index (χ4v) is 3.35. The summed E-state index contributed by atoms with van der Waals surface area (Å²) in [5.41, 5.74) is 5.27. The first-order valence-corrected chi connectivity index (χ1v) is 7.14. The zero-order valence-electron chi connectivity index (χ0n) is 11.3. The van der Waals surface area contributed by atoms with Gasteiger partial charge >= 0.3 is 0 Å². The molecule has 1 aliphatic carbocycles. The predicted molar refractivity (Wildman–Crippen MR) is 76.4 cm³/mol. The molecule has 1 saturated carbocycles. The summed E-state index contributed by atoms with van der Waals surface area (Å²) in [4.78, 5) is 17.2. The highest BCUT2D eigenvalue weighted by Crippen LogP contribution is 2.43. The first-order valence-electron chi connectivity index (χ1n) is 6.73. The molecule has 1 atom stereocenters. The molecule has 2 aliphatic rings. The van der Waals surface area contributed by atoms with Crippen LogP contribution in [0.2, 0.25) is 0 Å². The van der Waals surface area contributed by atoms with Crippen molar-refractivity contribution in [2.24, 2.45) is 11.1 Å². The first-order chi connectivity index (χ1) is 8.47. The summed E-state index contributed by atoms with van der Waals surface area (Å²) >= 11 is 5.12. The van der Waals surface area contributed by atoms with Gasteiger partial charge in [0.15, 0.2) is 0 Å². The van der Waals surface area contributed by atoms with Gasteiger partial charge in [0.25, 0.3) is 0 Å². The van der Waals surface area contributed by atoms with E-state index in [0.717, 1.165) is 45.2 Å². The molecule has 0 aromatic heterocycles. The molecule has 0 aromatic carbocycles. The molecule has 1 unspecified atom stereocenters. The number of carbonyl (C=O) groups is 1. The van der Waals surface area contributed by atoms with Crippen LogP contribution in [0.5, 0.6) is 0 Å². The zero-order chi connectivity index (χ0) is 13.3. The minimum Gasteiger partial charge on any atom is -0.392 e. The van der Waals surface area contributed by atoms with Crippen LogP contribution in [-0.4, -0.2) is 53.9 Å². The van der Waals surface area contributed by atoms with Gasteiger partial charge in [-0.25, -0.2) is 0 Å². The minimum atomic E-state index is -0.528. The minimum absolute atomic E-state index is 0.140. The van der Waals surface area contributed by atoms with Gasteiger partial charge < -0.3 is 15.5 Å². The van der Waals surface area contributed by atoms with Gasteiger partial charge in [0.1, 0.15) is 0 Å². The summed E-state index contributed by atoms with van der Waals surface area (Å²) in [6, 6.07) is 0.308. The number of nitrogens with zero attached hydrogens (tertiary/aromatic N) is 2. The summed E-state index contributed by atoms with van der Waals surface area (Å²) < 4.78 is 0. The summed E-state index contributed by atoms with van der Waals surface area (Å²) in [5, 5.41) is 0. The molecule has 0 aromatic rings. The predicted octanol–water partition coefficient (Wildman–Crippen LogP) is 0.995. The highest BCUT2D eigenvalue weighted by Gasteiger charge is 2.49. The van der Waals surface area contributed by atoms with Crippen molar-refractivity contribution in [2.75, 3.05) is 27.2 Å². The molecule has 2 fully saturated rings. The van der Waals surface area contributed by atoms with Gasteiger partial charge in [-0.15, -0.1) is 0 Å². The highest BCUT2D eigenvalue weighted by molar-refractivity contribution is 7.80. The molecule has 5 heteroatoms. The number of nitrogens with two attached hydrogens (primary N) is 1. The van der Waals surface area contributed by atoms with E-state index in [9.17, 15) is 4.79 Å². The zero-order valence-corrected chi connectivity index (χ0v) is 12.1. The van der Waals surface area contributed by atoms with Crippen LogP contribution in [-0.2, 0) is 4.79 Å². The number of carbonyl (C=O) groups excluding carboxylic acids is 1. The average molecular weight is 269 g/mol. The van der Waals surface area contributed by atoms with E-state index in [4.69, 9.17) is 18.0 Å². The van der Waals surface area contributed by atoms with Gasteiger partial charge in [-0.3, -0.25) is 4.79 Å². The Hall–Kier alpha value is -0.680. The molecular formula is C13H23N3OS. The van der Waals surface area contributed by atoms with Gasteiger partial charge in [-0.1, -0.05) is 18.6 Å². The van der Waals surface area contributed by atoms with Crippen LogP contribution in [0.15, 0.2) is 0 Å². The topological polar surface area (TPSA) is 49.6 Å². The van der Waals surface area contributed by atoms with Gasteiger partial charge in [-0.2, -0.15) is 0 Å². The number of rotatable bonds is 3. The Morgan fingerprint density at radius 1 is 1.44 bits per heavy atom. The summed E-state index contributed by atoms with van der Waals surface area (Å²) in [7, 11) is 4.02. The highest BCUT2D eigenvalue weighted by atomic mass is 32.1. The van der Waals surface area contributed by atoms with Crippen molar-refractivity contribution < 1.29 is 4.79 Å². The van der Waals surface area contributed by atoms with Crippen LogP contribution in [0.3, 0.4) is 0 Å². The van der Waals surface area contributed by atoms with Gasteiger partial charge in [-0.05, 0) is 39.3 Å². The van der Waals surface area contributed by atoms with Crippen molar-refractivity contribution in [3.05, 3.63) is 0 Å². The van der Waals surface area contributed by atoms with Gasteiger partial charge in [0.2, 0.25) is 5.91 Å². The van der Waals surface area contributed by atoms with E-state index in [1.807, 2.05) is 11.9 Å². The Labute approximate surface area is 114 Å². The normalized spacial score (nSPS) is 27.3. The largest absolute Gasteiger partial charge is 0.392 e.